The molecule has 4 rings (SSSR count). The van der Waals surface area contributed by atoms with Crippen molar-refractivity contribution in [1.29, 1.82) is 0 Å². The summed E-state index contributed by atoms with van der Waals surface area (Å²) in [7, 11) is 0. The van der Waals surface area contributed by atoms with Crippen molar-refractivity contribution in [2.75, 3.05) is 10.6 Å². The minimum atomic E-state index is -0.514. The van der Waals surface area contributed by atoms with Crippen molar-refractivity contribution >= 4 is 29.2 Å². The van der Waals surface area contributed by atoms with Gasteiger partial charge in [0, 0.05) is 16.1 Å². The number of hydrogen-bond donors (Lipinski definition) is 2. The van der Waals surface area contributed by atoms with Crippen molar-refractivity contribution in [3.63, 3.8) is 0 Å². The summed E-state index contributed by atoms with van der Waals surface area (Å²) >= 11 is 1.54. The highest BCUT2D eigenvalue weighted by Gasteiger charge is 2.09. The van der Waals surface area contributed by atoms with Crippen LogP contribution in [0.4, 0.5) is 20.6 Å². The zero-order chi connectivity index (χ0) is 20.8. The van der Waals surface area contributed by atoms with Crippen LogP contribution in [0.2, 0.25) is 0 Å². The summed E-state index contributed by atoms with van der Waals surface area (Å²) in [6.45, 7) is 0. The molecule has 0 atom stereocenters. The molecule has 0 aliphatic carbocycles. The van der Waals surface area contributed by atoms with Gasteiger partial charge >= 0.3 is 6.03 Å². The number of rotatable bonds is 6. The summed E-state index contributed by atoms with van der Waals surface area (Å²) in [4.78, 5) is 13.0. The number of aromatic nitrogens is 2. The van der Waals surface area contributed by atoms with Crippen LogP contribution < -0.4 is 10.6 Å². The fourth-order valence-electron chi connectivity index (χ4n) is 2.64. The van der Waals surface area contributed by atoms with Gasteiger partial charge in [-0.15, -0.1) is 22.0 Å². The number of benzene rings is 3. The molecule has 0 spiro atoms. The van der Waals surface area contributed by atoms with Gasteiger partial charge in [0.05, 0.1) is 11.4 Å². The highest BCUT2D eigenvalue weighted by Crippen LogP contribution is 2.25. The molecule has 30 heavy (non-hydrogen) atoms. The summed E-state index contributed by atoms with van der Waals surface area (Å²) in [6.07, 6.45) is 0. The predicted molar refractivity (Wildman–Crippen MR) is 115 cm³/mol. The molecule has 2 amide bonds. The number of halogens is 1. The third-order valence-corrected chi connectivity index (χ3v) is 5.08. The van der Waals surface area contributed by atoms with Gasteiger partial charge in [0.15, 0.2) is 0 Å². The van der Waals surface area contributed by atoms with Crippen molar-refractivity contribution in [2.45, 2.75) is 10.6 Å². The van der Waals surface area contributed by atoms with Crippen molar-refractivity contribution < 1.29 is 13.6 Å². The van der Waals surface area contributed by atoms with Gasteiger partial charge < -0.3 is 15.1 Å². The summed E-state index contributed by atoms with van der Waals surface area (Å²) in [5, 5.41) is 13.3. The molecule has 1 heterocycles. The second-order valence-electron chi connectivity index (χ2n) is 6.24. The Morgan fingerprint density at radius 2 is 1.63 bits per heavy atom. The molecular formula is C22H17FN4O2S. The van der Waals surface area contributed by atoms with Gasteiger partial charge in [-0.1, -0.05) is 30.3 Å². The first-order valence-corrected chi connectivity index (χ1v) is 10.1. The van der Waals surface area contributed by atoms with Crippen LogP contribution in [0.1, 0.15) is 5.89 Å². The Kier molecular flexibility index (Phi) is 6.05. The van der Waals surface area contributed by atoms with Crippen molar-refractivity contribution in [2.24, 2.45) is 0 Å². The quantitative estimate of drug-likeness (QED) is 0.385. The molecule has 0 aliphatic rings. The van der Waals surface area contributed by atoms with Crippen molar-refractivity contribution in [3.8, 4) is 11.5 Å². The first kappa shape index (κ1) is 19.7. The molecule has 0 bridgehead atoms. The minimum absolute atomic E-state index is 0.122. The third-order valence-electron chi connectivity index (χ3n) is 4.08. The van der Waals surface area contributed by atoms with E-state index in [1.54, 1.807) is 36.0 Å². The molecule has 8 heteroatoms. The molecule has 1 aromatic heterocycles. The average molecular weight is 420 g/mol. The first-order chi connectivity index (χ1) is 14.7. The van der Waals surface area contributed by atoms with Crippen LogP contribution in [0.5, 0.6) is 0 Å². The summed E-state index contributed by atoms with van der Waals surface area (Å²) < 4.78 is 19.3. The molecular weight excluding hydrogens is 403 g/mol. The fraction of sp³-hybridized carbons (Fsp3) is 0.0455. The number of urea groups is 1. The number of carbonyl (C=O) groups excluding carboxylic acids is 1. The van der Waals surface area contributed by atoms with Crippen molar-refractivity contribution in [3.05, 3.63) is 90.6 Å². The maximum absolute atomic E-state index is 13.6. The largest absolute Gasteiger partial charge is 0.420 e. The molecule has 0 unspecified atom stereocenters. The molecule has 0 saturated heterocycles. The molecule has 3 aromatic carbocycles. The molecule has 0 aliphatic heterocycles. The van der Waals surface area contributed by atoms with Crippen LogP contribution >= 0.6 is 11.8 Å². The number of anilines is 2. The van der Waals surface area contributed by atoms with Gasteiger partial charge in [0.1, 0.15) is 5.82 Å². The van der Waals surface area contributed by atoms with Gasteiger partial charge in [-0.05, 0) is 48.5 Å². The van der Waals surface area contributed by atoms with Gasteiger partial charge in [-0.25, -0.2) is 9.18 Å². The highest BCUT2D eigenvalue weighted by atomic mass is 32.2. The normalized spacial score (nSPS) is 10.6. The lowest BCUT2D eigenvalue weighted by molar-refractivity contribution is 0.262. The zero-order valence-electron chi connectivity index (χ0n) is 15.7. The SMILES string of the molecule is O=C(Nc1ccc(SCc2nnc(-c3ccccc3)o2)cc1)Nc1ccccc1F. The Morgan fingerprint density at radius 1 is 0.900 bits per heavy atom. The van der Waals surface area contributed by atoms with Crippen LogP contribution in [0.25, 0.3) is 11.5 Å². The standard InChI is InChI=1S/C22H17FN4O2S/c23-18-8-4-5-9-19(18)25-22(28)24-16-10-12-17(13-11-16)30-14-20-26-27-21(29-20)15-6-2-1-3-7-15/h1-13H,14H2,(H2,24,25,28). The Balaban J connectivity index is 1.30. The maximum Gasteiger partial charge on any atom is 0.323 e. The Hall–Kier alpha value is -3.65. The lowest BCUT2D eigenvalue weighted by Gasteiger charge is -2.08. The average Bonchev–Trinajstić information content (AvgIpc) is 3.25. The van der Waals surface area contributed by atoms with E-state index in [1.165, 1.54) is 12.1 Å². The van der Waals surface area contributed by atoms with Gasteiger partial charge in [-0.3, -0.25) is 0 Å². The van der Waals surface area contributed by atoms with E-state index in [9.17, 15) is 9.18 Å². The first-order valence-electron chi connectivity index (χ1n) is 9.10. The number of amides is 2. The van der Waals surface area contributed by atoms with E-state index in [0.29, 0.717) is 23.2 Å². The minimum Gasteiger partial charge on any atom is -0.420 e. The van der Waals surface area contributed by atoms with E-state index in [2.05, 4.69) is 20.8 Å². The number of nitrogens with one attached hydrogen (secondary N) is 2. The van der Waals surface area contributed by atoms with Gasteiger partial charge in [0.25, 0.3) is 0 Å². The second kappa shape index (κ2) is 9.23. The number of thioether (sulfide) groups is 1. The number of carbonyl (C=O) groups is 1. The number of hydrogen-bond acceptors (Lipinski definition) is 5. The van der Waals surface area contributed by atoms with Crippen LogP contribution in [0.15, 0.2) is 88.2 Å². The molecule has 0 radical (unpaired) electrons. The monoisotopic (exact) mass is 420 g/mol. The van der Waals surface area contributed by atoms with E-state index in [4.69, 9.17) is 4.42 Å². The van der Waals surface area contributed by atoms with Crippen LogP contribution in [-0.4, -0.2) is 16.2 Å². The van der Waals surface area contributed by atoms with Crippen molar-refractivity contribution in [1.82, 2.24) is 10.2 Å². The molecule has 4 aromatic rings. The molecule has 6 nitrogen and oxygen atoms in total. The Morgan fingerprint density at radius 3 is 2.40 bits per heavy atom. The topological polar surface area (TPSA) is 80.1 Å². The van der Waals surface area contributed by atoms with Crippen LogP contribution in [0.3, 0.4) is 0 Å². The van der Waals surface area contributed by atoms with Gasteiger partial charge in [0.2, 0.25) is 11.8 Å². The fourth-order valence-corrected chi connectivity index (χ4v) is 3.37. The zero-order valence-corrected chi connectivity index (χ0v) is 16.5. The predicted octanol–water partition coefficient (Wildman–Crippen LogP) is 5.81. The van der Waals surface area contributed by atoms with Gasteiger partial charge in [-0.2, -0.15) is 0 Å². The summed E-state index contributed by atoms with van der Waals surface area (Å²) in [5.41, 5.74) is 1.60. The van der Waals surface area contributed by atoms with E-state index >= 15 is 0 Å². The third kappa shape index (κ3) is 5.03. The highest BCUT2D eigenvalue weighted by molar-refractivity contribution is 7.98. The Labute approximate surface area is 176 Å². The molecule has 0 saturated carbocycles. The van der Waals surface area contributed by atoms with E-state index in [-0.39, 0.29) is 5.69 Å². The van der Waals surface area contributed by atoms with Crippen LogP contribution in [0, 0.1) is 5.82 Å². The number of para-hydroxylation sites is 1. The molecule has 150 valence electrons. The van der Waals surface area contributed by atoms with E-state index < -0.39 is 11.8 Å². The molecule has 2 N–H and O–H groups in total. The Bertz CT molecular complexity index is 1130. The van der Waals surface area contributed by atoms with Crippen LogP contribution in [-0.2, 0) is 5.75 Å². The smallest absolute Gasteiger partial charge is 0.323 e. The maximum atomic E-state index is 13.6. The summed E-state index contributed by atoms with van der Waals surface area (Å²) in [5.74, 6) is 1.06. The lowest BCUT2D eigenvalue weighted by Crippen LogP contribution is -2.20. The summed E-state index contributed by atoms with van der Waals surface area (Å²) in [6, 6.07) is 22.4. The molecule has 0 fully saturated rings. The lowest BCUT2D eigenvalue weighted by atomic mass is 10.2. The number of nitrogens with zero attached hydrogens (tertiary/aromatic N) is 2. The van der Waals surface area contributed by atoms with E-state index in [1.807, 2.05) is 42.5 Å². The second-order valence-corrected chi connectivity index (χ2v) is 7.29. The van der Waals surface area contributed by atoms with E-state index in [0.717, 1.165) is 10.5 Å².